The Kier molecular flexibility index (Phi) is 31.0. The molecule has 0 aliphatic rings. The molecular weight excluding hydrogens is 408 g/mol. The van der Waals surface area contributed by atoms with Crippen LogP contribution in [0.25, 0.3) is 0 Å². The number of unbranched alkanes of at least 4 members (excludes halogenated alkanes) is 24. The Morgan fingerprint density at radius 3 is 0.853 bits per heavy atom. The molecule has 0 amide bonds. The lowest BCUT2D eigenvalue weighted by Crippen LogP contribution is -2.01. The summed E-state index contributed by atoms with van der Waals surface area (Å²) in [6.07, 6.45) is 43.7. The van der Waals surface area contributed by atoms with Crippen molar-refractivity contribution >= 4 is 0 Å². The summed E-state index contributed by atoms with van der Waals surface area (Å²) in [7, 11) is 0. The molecule has 1 atom stereocenters. The van der Waals surface area contributed by atoms with Crippen molar-refractivity contribution in [3.63, 3.8) is 0 Å². The molecule has 0 rings (SSSR count). The molecule has 0 heterocycles. The summed E-state index contributed by atoms with van der Waals surface area (Å²) in [5.74, 6) is 1.01. The maximum atomic E-state index is 4.03. The largest absolute Gasteiger partial charge is 0.0654 e. The summed E-state index contributed by atoms with van der Waals surface area (Å²) in [5, 5.41) is 0. The van der Waals surface area contributed by atoms with Crippen molar-refractivity contribution in [2.75, 3.05) is 0 Å². The summed E-state index contributed by atoms with van der Waals surface area (Å²) in [5.41, 5.74) is 0. The molecule has 205 valence electrons. The Labute approximate surface area is 219 Å². The smallest absolute Gasteiger partial charge is 0.0414 e. The van der Waals surface area contributed by atoms with E-state index in [1.807, 2.05) is 0 Å². The summed E-state index contributed by atoms with van der Waals surface area (Å²) in [4.78, 5) is 0. The Balaban J connectivity index is 3.34. The molecule has 0 aromatic heterocycles. The third-order valence-corrected chi connectivity index (χ3v) is 8.04. The van der Waals surface area contributed by atoms with E-state index in [2.05, 4.69) is 20.8 Å². The first-order valence-corrected chi connectivity index (χ1v) is 16.6. The molecule has 0 saturated carbocycles. The molecule has 0 heteroatoms. The minimum absolute atomic E-state index is 1.01. The van der Waals surface area contributed by atoms with Gasteiger partial charge in [0.15, 0.2) is 0 Å². The van der Waals surface area contributed by atoms with Gasteiger partial charge in [0.1, 0.15) is 0 Å². The topological polar surface area (TPSA) is 0 Å². The zero-order chi connectivity index (χ0) is 24.8. The van der Waals surface area contributed by atoms with Gasteiger partial charge in [-0.05, 0) is 5.92 Å². The quantitative estimate of drug-likeness (QED) is 0.0902. The van der Waals surface area contributed by atoms with E-state index in [0.29, 0.717) is 0 Å². The third-order valence-electron chi connectivity index (χ3n) is 8.04. The van der Waals surface area contributed by atoms with E-state index in [-0.39, 0.29) is 0 Å². The molecule has 1 unspecified atom stereocenters. The van der Waals surface area contributed by atoms with Crippen molar-refractivity contribution < 1.29 is 0 Å². The van der Waals surface area contributed by atoms with Gasteiger partial charge in [0.25, 0.3) is 0 Å². The van der Waals surface area contributed by atoms with E-state index >= 15 is 0 Å². The van der Waals surface area contributed by atoms with Crippen LogP contribution in [0.15, 0.2) is 0 Å². The van der Waals surface area contributed by atoms with Gasteiger partial charge in [0.05, 0.1) is 0 Å². The number of hydrogen-bond donors (Lipinski definition) is 0. The molecule has 0 aliphatic carbocycles. The van der Waals surface area contributed by atoms with Crippen molar-refractivity contribution in [1.82, 2.24) is 0 Å². The molecular formula is C34H69. The van der Waals surface area contributed by atoms with E-state index in [0.717, 1.165) is 12.3 Å². The van der Waals surface area contributed by atoms with Crippen LogP contribution in [0.5, 0.6) is 0 Å². The highest BCUT2D eigenvalue weighted by Gasteiger charge is 2.08. The van der Waals surface area contributed by atoms with Crippen LogP contribution in [0.3, 0.4) is 0 Å². The van der Waals surface area contributed by atoms with Crippen LogP contribution in [0, 0.1) is 12.8 Å². The van der Waals surface area contributed by atoms with Crippen LogP contribution in [-0.2, 0) is 0 Å². The molecule has 0 spiro atoms. The van der Waals surface area contributed by atoms with Crippen LogP contribution in [0.4, 0.5) is 0 Å². The highest BCUT2D eigenvalue weighted by Crippen LogP contribution is 2.24. The lowest BCUT2D eigenvalue weighted by molar-refractivity contribution is 0.369. The van der Waals surface area contributed by atoms with Gasteiger partial charge in [-0.25, -0.2) is 0 Å². The highest BCUT2D eigenvalue weighted by molar-refractivity contribution is 4.62. The average molecular weight is 478 g/mol. The summed E-state index contributed by atoms with van der Waals surface area (Å²) >= 11 is 0. The maximum absolute atomic E-state index is 4.03. The Morgan fingerprint density at radius 1 is 0.324 bits per heavy atom. The van der Waals surface area contributed by atoms with Gasteiger partial charge in [-0.3, -0.25) is 0 Å². The minimum Gasteiger partial charge on any atom is -0.0654 e. The molecule has 0 aliphatic heterocycles. The molecule has 34 heavy (non-hydrogen) atoms. The van der Waals surface area contributed by atoms with Crippen molar-refractivity contribution in [1.29, 1.82) is 0 Å². The summed E-state index contributed by atoms with van der Waals surface area (Å²) in [6.45, 7) is 8.66. The van der Waals surface area contributed by atoms with Crippen LogP contribution < -0.4 is 0 Å². The lowest BCUT2D eigenvalue weighted by atomic mass is 9.90. The molecule has 0 N–H and O–H groups in total. The van der Waals surface area contributed by atoms with E-state index in [4.69, 9.17) is 0 Å². The van der Waals surface area contributed by atoms with Crippen LogP contribution in [-0.4, -0.2) is 0 Å². The first kappa shape index (κ1) is 34.0. The van der Waals surface area contributed by atoms with Gasteiger partial charge in [0.2, 0.25) is 0 Å². The van der Waals surface area contributed by atoms with E-state index in [1.54, 1.807) is 0 Å². The molecule has 0 aromatic carbocycles. The van der Waals surface area contributed by atoms with Gasteiger partial charge in [0, 0.05) is 0 Å². The highest BCUT2D eigenvalue weighted by atomic mass is 14.1. The van der Waals surface area contributed by atoms with Gasteiger partial charge in [-0.2, -0.15) is 0 Å². The Bertz CT molecular complexity index is 333. The predicted octanol–water partition coefficient (Wildman–Crippen LogP) is 13.2. The monoisotopic (exact) mass is 478 g/mol. The molecule has 0 fully saturated rings. The van der Waals surface area contributed by atoms with Crippen molar-refractivity contribution in [2.24, 2.45) is 5.92 Å². The molecule has 0 nitrogen and oxygen atoms in total. The van der Waals surface area contributed by atoms with Crippen molar-refractivity contribution in [3.05, 3.63) is 6.92 Å². The van der Waals surface area contributed by atoms with Crippen molar-refractivity contribution in [2.45, 2.75) is 206 Å². The van der Waals surface area contributed by atoms with E-state index < -0.39 is 0 Å². The second kappa shape index (κ2) is 31.0. The average Bonchev–Trinajstić information content (AvgIpc) is 2.85. The predicted molar refractivity (Wildman–Crippen MR) is 159 cm³/mol. The zero-order valence-corrected chi connectivity index (χ0v) is 24.5. The Hall–Kier alpha value is 0. The molecule has 0 aromatic rings. The number of hydrogen-bond acceptors (Lipinski definition) is 0. The Morgan fingerprint density at radius 2 is 0.559 bits per heavy atom. The fourth-order valence-corrected chi connectivity index (χ4v) is 5.59. The van der Waals surface area contributed by atoms with Gasteiger partial charge >= 0.3 is 0 Å². The third kappa shape index (κ3) is 28.2. The second-order valence-corrected chi connectivity index (χ2v) is 11.6. The second-order valence-electron chi connectivity index (χ2n) is 11.6. The first-order chi connectivity index (χ1) is 16.8. The summed E-state index contributed by atoms with van der Waals surface area (Å²) < 4.78 is 0. The summed E-state index contributed by atoms with van der Waals surface area (Å²) in [6, 6.07) is 0. The van der Waals surface area contributed by atoms with Crippen molar-refractivity contribution in [3.8, 4) is 0 Å². The van der Waals surface area contributed by atoms with Crippen LogP contribution in [0.1, 0.15) is 206 Å². The SMILES string of the molecule is [CH2]CCCCC(CCCCCC)CCCCCCCCCCCCCCCCCCCCCC. The van der Waals surface area contributed by atoms with E-state index in [9.17, 15) is 0 Å². The first-order valence-electron chi connectivity index (χ1n) is 16.6. The van der Waals surface area contributed by atoms with E-state index in [1.165, 1.54) is 186 Å². The minimum atomic E-state index is 1.01. The van der Waals surface area contributed by atoms with Gasteiger partial charge in [-0.1, -0.05) is 213 Å². The maximum Gasteiger partial charge on any atom is -0.0414 e. The van der Waals surface area contributed by atoms with Gasteiger partial charge in [-0.15, -0.1) is 0 Å². The molecule has 0 bridgehead atoms. The van der Waals surface area contributed by atoms with Crippen LogP contribution in [0.2, 0.25) is 0 Å². The fraction of sp³-hybridized carbons (Fsp3) is 0.971. The fourth-order valence-electron chi connectivity index (χ4n) is 5.59. The molecule has 0 saturated heterocycles. The number of rotatable bonds is 30. The van der Waals surface area contributed by atoms with Crippen LogP contribution >= 0.6 is 0 Å². The molecule has 1 radical (unpaired) electrons. The van der Waals surface area contributed by atoms with Gasteiger partial charge < -0.3 is 0 Å². The zero-order valence-electron chi connectivity index (χ0n) is 24.5. The lowest BCUT2D eigenvalue weighted by Gasteiger charge is -2.16. The standard InChI is InChI=1S/C34H69/c1-4-7-10-12-13-14-15-16-17-18-19-20-21-22-23-24-25-26-27-30-33-34(31-28-9-6-3)32-29-11-8-5-2/h34H,3-33H2,1-2H3. The normalized spacial score (nSPS) is 12.4.